The fraction of sp³-hybridized carbons (Fsp3) is 0.429. The summed E-state index contributed by atoms with van der Waals surface area (Å²) in [6.07, 6.45) is 3.13. The Bertz CT molecular complexity index is 1750. The zero-order valence-electron chi connectivity index (χ0n) is 27.7. The van der Waals surface area contributed by atoms with Crippen LogP contribution < -0.4 is 10.6 Å². The predicted molar refractivity (Wildman–Crippen MR) is 175 cm³/mol. The standard InChI is InChI=1S/C35H43FN6O4/c1-19(38-32(43)45-34(3,4)5)30-37-18-28(41-30)25-15-13-22(17-26(25)36)21-12-14-24-23(16-21)10-9-11-27-29(24)42-31(40-27)20(2)39-33(44)46-35(6,7)8/h12-20H,9-11H2,1-8H3,(H,37,41)(H,38,43)(H,39,44)(H,40,42)/t19-,20-/m0/s1. The zero-order chi connectivity index (χ0) is 33.4. The summed E-state index contributed by atoms with van der Waals surface area (Å²) in [7, 11) is 0. The third kappa shape index (κ3) is 7.75. The Hall–Kier alpha value is -4.67. The number of carbonyl (C=O) groups excluding carboxylic acids is 2. The van der Waals surface area contributed by atoms with E-state index in [-0.39, 0.29) is 11.9 Å². The Morgan fingerprint density at radius 2 is 1.41 bits per heavy atom. The SMILES string of the molecule is C[C@H](NC(=O)OC(C)(C)C)c1ncc(-c2ccc(-c3ccc4c(c3)CCCc3[nH]c([C@H](C)NC(=O)OC(C)(C)C)nc3-4)cc2F)[nH]1. The number of nitrogens with one attached hydrogen (secondary N) is 4. The Morgan fingerprint density at radius 3 is 2.02 bits per heavy atom. The maximum absolute atomic E-state index is 15.5. The lowest BCUT2D eigenvalue weighted by molar-refractivity contribution is 0.0494. The maximum atomic E-state index is 15.5. The number of alkyl carbamates (subject to hydrolysis) is 2. The van der Waals surface area contributed by atoms with Crippen molar-refractivity contribution in [3.8, 4) is 33.6 Å². The van der Waals surface area contributed by atoms with Crippen LogP contribution >= 0.6 is 0 Å². The maximum Gasteiger partial charge on any atom is 0.408 e. The van der Waals surface area contributed by atoms with Gasteiger partial charge < -0.3 is 30.1 Å². The van der Waals surface area contributed by atoms with E-state index in [9.17, 15) is 9.59 Å². The van der Waals surface area contributed by atoms with Gasteiger partial charge in [-0.05, 0) is 103 Å². The van der Waals surface area contributed by atoms with E-state index < -0.39 is 29.4 Å². The minimum absolute atomic E-state index is 0.360. The molecule has 5 rings (SSSR count). The van der Waals surface area contributed by atoms with Crippen molar-refractivity contribution in [1.82, 2.24) is 30.6 Å². The number of rotatable bonds is 6. The number of nitrogens with zero attached hydrogens (tertiary/aromatic N) is 2. The third-order valence-electron chi connectivity index (χ3n) is 7.51. The van der Waals surface area contributed by atoms with Crippen molar-refractivity contribution < 1.29 is 23.5 Å². The van der Waals surface area contributed by atoms with Crippen LogP contribution in [0.25, 0.3) is 33.6 Å². The van der Waals surface area contributed by atoms with Gasteiger partial charge in [-0.3, -0.25) is 0 Å². The first-order chi connectivity index (χ1) is 21.6. The van der Waals surface area contributed by atoms with Gasteiger partial charge in [0, 0.05) is 16.8 Å². The normalized spacial score (nSPS) is 14.4. The molecule has 46 heavy (non-hydrogen) atoms. The molecule has 1 aliphatic carbocycles. The number of ether oxygens (including phenoxy) is 2. The number of amides is 2. The van der Waals surface area contributed by atoms with Crippen molar-refractivity contribution >= 4 is 12.2 Å². The number of aryl methyl sites for hydroxylation is 2. The molecule has 1 aliphatic rings. The van der Waals surface area contributed by atoms with Crippen LogP contribution in [-0.4, -0.2) is 43.3 Å². The summed E-state index contributed by atoms with van der Waals surface area (Å²) < 4.78 is 26.2. The summed E-state index contributed by atoms with van der Waals surface area (Å²) in [6, 6.07) is 10.5. The van der Waals surface area contributed by atoms with E-state index in [0.29, 0.717) is 22.9 Å². The highest BCUT2D eigenvalue weighted by atomic mass is 19.1. The van der Waals surface area contributed by atoms with E-state index in [1.54, 1.807) is 40.0 Å². The molecule has 2 aromatic heterocycles. The van der Waals surface area contributed by atoms with E-state index in [4.69, 9.17) is 14.5 Å². The smallest absolute Gasteiger partial charge is 0.408 e. The third-order valence-corrected chi connectivity index (χ3v) is 7.51. The summed E-state index contributed by atoms with van der Waals surface area (Å²) in [5, 5.41) is 5.60. The van der Waals surface area contributed by atoms with Crippen LogP contribution in [0.4, 0.5) is 14.0 Å². The molecule has 0 aliphatic heterocycles. The molecule has 0 radical (unpaired) electrons. The number of hydrogen-bond donors (Lipinski definition) is 4. The molecule has 0 unspecified atom stereocenters. The lowest BCUT2D eigenvalue weighted by Crippen LogP contribution is -2.34. The van der Waals surface area contributed by atoms with E-state index in [2.05, 4.69) is 31.7 Å². The van der Waals surface area contributed by atoms with Crippen molar-refractivity contribution in [1.29, 1.82) is 0 Å². The Kier molecular flexibility index (Phi) is 8.97. The summed E-state index contributed by atoms with van der Waals surface area (Å²) in [4.78, 5) is 40.2. The van der Waals surface area contributed by atoms with Crippen LogP contribution in [0.2, 0.25) is 0 Å². The summed E-state index contributed by atoms with van der Waals surface area (Å²) in [6.45, 7) is 14.5. The Balaban J connectivity index is 1.32. The number of benzene rings is 2. The molecule has 0 spiro atoms. The number of imidazole rings is 2. The largest absolute Gasteiger partial charge is 0.444 e. The minimum Gasteiger partial charge on any atom is -0.444 e. The highest BCUT2D eigenvalue weighted by Crippen LogP contribution is 2.36. The number of H-pyrrole nitrogens is 2. The van der Waals surface area contributed by atoms with E-state index in [1.165, 1.54) is 6.07 Å². The highest BCUT2D eigenvalue weighted by Gasteiger charge is 2.25. The van der Waals surface area contributed by atoms with Gasteiger partial charge in [-0.1, -0.05) is 24.3 Å². The first-order valence-electron chi connectivity index (χ1n) is 15.6. The van der Waals surface area contributed by atoms with Crippen LogP contribution in [0.5, 0.6) is 0 Å². The van der Waals surface area contributed by atoms with Gasteiger partial charge in [0.05, 0.1) is 29.7 Å². The van der Waals surface area contributed by atoms with Crippen molar-refractivity contribution in [2.24, 2.45) is 0 Å². The highest BCUT2D eigenvalue weighted by molar-refractivity contribution is 5.76. The van der Waals surface area contributed by atoms with Gasteiger partial charge >= 0.3 is 12.2 Å². The predicted octanol–water partition coefficient (Wildman–Crippen LogP) is 7.93. The van der Waals surface area contributed by atoms with Gasteiger partial charge in [0.1, 0.15) is 28.7 Å². The zero-order valence-corrected chi connectivity index (χ0v) is 27.7. The molecule has 11 heteroatoms. The van der Waals surface area contributed by atoms with Gasteiger partial charge in [-0.25, -0.2) is 23.9 Å². The van der Waals surface area contributed by atoms with Crippen molar-refractivity contribution in [2.45, 2.75) is 97.9 Å². The minimum atomic E-state index is -0.618. The molecule has 2 atom stereocenters. The van der Waals surface area contributed by atoms with E-state index in [0.717, 1.165) is 52.9 Å². The molecule has 4 aromatic rings. The van der Waals surface area contributed by atoms with Gasteiger partial charge in [0.25, 0.3) is 0 Å². The Labute approximate surface area is 268 Å². The van der Waals surface area contributed by atoms with E-state index >= 15 is 4.39 Å². The van der Waals surface area contributed by atoms with Gasteiger partial charge in [-0.15, -0.1) is 0 Å². The summed E-state index contributed by atoms with van der Waals surface area (Å²) in [5.74, 6) is 0.773. The van der Waals surface area contributed by atoms with Crippen molar-refractivity contribution in [3.05, 3.63) is 71.3 Å². The summed E-state index contributed by atoms with van der Waals surface area (Å²) >= 11 is 0. The van der Waals surface area contributed by atoms with Crippen molar-refractivity contribution in [3.63, 3.8) is 0 Å². The second-order valence-electron chi connectivity index (χ2n) is 13.8. The lowest BCUT2D eigenvalue weighted by Gasteiger charge is -2.21. The molecule has 4 N–H and O–H groups in total. The second-order valence-corrected chi connectivity index (χ2v) is 13.8. The number of hydrogen-bond acceptors (Lipinski definition) is 6. The lowest BCUT2D eigenvalue weighted by atomic mass is 9.95. The van der Waals surface area contributed by atoms with Crippen LogP contribution in [0.1, 0.15) is 96.8 Å². The average Bonchev–Trinajstić information content (AvgIpc) is 3.55. The molecule has 10 nitrogen and oxygen atoms in total. The number of carbonyl (C=O) groups is 2. The van der Waals surface area contributed by atoms with Crippen LogP contribution in [0, 0.1) is 5.82 Å². The molecule has 0 bridgehead atoms. The number of fused-ring (bicyclic) bond motifs is 3. The first-order valence-corrected chi connectivity index (χ1v) is 15.6. The fourth-order valence-electron chi connectivity index (χ4n) is 5.42. The molecule has 0 saturated heterocycles. The summed E-state index contributed by atoms with van der Waals surface area (Å²) in [5.41, 5.74) is 5.41. The molecule has 2 aromatic carbocycles. The van der Waals surface area contributed by atoms with Gasteiger partial charge in [0.15, 0.2) is 0 Å². The first kappa shape index (κ1) is 32.7. The molecular formula is C35H43FN6O4. The fourth-order valence-corrected chi connectivity index (χ4v) is 5.42. The van der Waals surface area contributed by atoms with Gasteiger partial charge in [-0.2, -0.15) is 0 Å². The number of halogens is 1. The van der Waals surface area contributed by atoms with Crippen LogP contribution in [0.15, 0.2) is 42.6 Å². The quantitative estimate of drug-likeness (QED) is 0.171. The topological polar surface area (TPSA) is 134 Å². The average molecular weight is 631 g/mol. The Morgan fingerprint density at radius 1 is 0.826 bits per heavy atom. The molecule has 244 valence electrons. The van der Waals surface area contributed by atoms with Gasteiger partial charge in [0.2, 0.25) is 0 Å². The number of aromatic nitrogens is 4. The molecule has 0 fully saturated rings. The number of aromatic amines is 2. The van der Waals surface area contributed by atoms with E-state index in [1.807, 2.05) is 45.9 Å². The second kappa shape index (κ2) is 12.6. The van der Waals surface area contributed by atoms with Crippen LogP contribution in [0.3, 0.4) is 0 Å². The van der Waals surface area contributed by atoms with Crippen LogP contribution in [-0.2, 0) is 22.3 Å². The molecular weight excluding hydrogens is 587 g/mol. The molecule has 2 heterocycles. The molecule has 0 saturated carbocycles. The van der Waals surface area contributed by atoms with Crippen molar-refractivity contribution in [2.75, 3.05) is 0 Å². The molecule has 2 amide bonds. The monoisotopic (exact) mass is 630 g/mol.